The number of carboxylic acid groups (broad SMARTS) is 1. The lowest BCUT2D eigenvalue weighted by Gasteiger charge is -2.32. The van der Waals surface area contributed by atoms with Crippen LogP contribution >= 0.6 is 24.0 Å². The van der Waals surface area contributed by atoms with Crippen molar-refractivity contribution in [3.8, 4) is 0 Å². The summed E-state index contributed by atoms with van der Waals surface area (Å²) in [5, 5.41) is 8.95. The van der Waals surface area contributed by atoms with Crippen molar-refractivity contribution in [3.05, 3.63) is 34.2 Å². The average molecular weight is 405 g/mol. The van der Waals surface area contributed by atoms with Gasteiger partial charge in [0.2, 0.25) is 0 Å². The van der Waals surface area contributed by atoms with E-state index >= 15 is 0 Å². The zero-order valence-electron chi connectivity index (χ0n) is 14.9. The van der Waals surface area contributed by atoms with Crippen LogP contribution in [0.25, 0.3) is 6.08 Å². The predicted octanol–water partition coefficient (Wildman–Crippen LogP) is 2.68. The summed E-state index contributed by atoms with van der Waals surface area (Å²) in [7, 11) is 0. The largest absolute Gasteiger partial charge is 0.480 e. The van der Waals surface area contributed by atoms with Crippen LogP contribution < -0.4 is 4.90 Å². The molecule has 0 spiro atoms. The van der Waals surface area contributed by atoms with Gasteiger partial charge in [0.15, 0.2) is 0 Å². The molecular formula is C19H20N2O4S2. The zero-order valence-corrected chi connectivity index (χ0v) is 16.5. The Bertz CT molecular complexity index is 854. The fraction of sp³-hybridized carbons (Fsp3) is 0.421. The van der Waals surface area contributed by atoms with Gasteiger partial charge in [0.1, 0.15) is 10.9 Å². The standard InChI is InChI=1S/C19H20N2O4S2/c1-2-20-14-4-3-11(7-12(14)13-10-25-6-5-15(13)20)8-16-18(24)21(9-17(22)23)19(26)27-16/h3-4,7-8,13,15H,2,5-6,9-10H2,1H3,(H,22,23). The monoisotopic (exact) mass is 404 g/mol. The molecule has 2 fully saturated rings. The lowest BCUT2D eigenvalue weighted by Crippen LogP contribution is -2.39. The number of ether oxygens (including phenoxy) is 1. The molecule has 3 aliphatic rings. The van der Waals surface area contributed by atoms with Crippen LogP contribution in [0.2, 0.25) is 0 Å². The van der Waals surface area contributed by atoms with Gasteiger partial charge >= 0.3 is 5.97 Å². The number of aliphatic carboxylic acids is 1. The van der Waals surface area contributed by atoms with E-state index < -0.39 is 12.5 Å². The van der Waals surface area contributed by atoms with E-state index in [9.17, 15) is 9.59 Å². The second-order valence-electron chi connectivity index (χ2n) is 6.80. The molecule has 0 bridgehead atoms. The predicted molar refractivity (Wildman–Crippen MR) is 109 cm³/mol. The van der Waals surface area contributed by atoms with Crippen molar-refractivity contribution in [3.63, 3.8) is 0 Å². The minimum absolute atomic E-state index is 0.285. The zero-order chi connectivity index (χ0) is 19.1. The number of hydrogen-bond donors (Lipinski definition) is 1. The number of rotatable bonds is 4. The molecule has 1 N–H and O–H groups in total. The second-order valence-corrected chi connectivity index (χ2v) is 8.48. The van der Waals surface area contributed by atoms with Gasteiger partial charge in [0.05, 0.1) is 11.5 Å². The smallest absolute Gasteiger partial charge is 0.323 e. The number of anilines is 1. The Kier molecular flexibility index (Phi) is 4.96. The first-order chi connectivity index (χ1) is 13.0. The van der Waals surface area contributed by atoms with Gasteiger partial charge in [-0.1, -0.05) is 30.0 Å². The van der Waals surface area contributed by atoms with Crippen molar-refractivity contribution in [2.24, 2.45) is 0 Å². The molecule has 8 heteroatoms. The van der Waals surface area contributed by atoms with Gasteiger partial charge in [-0.15, -0.1) is 0 Å². The lowest BCUT2D eigenvalue weighted by molar-refractivity contribution is -0.140. The van der Waals surface area contributed by atoms with Gasteiger partial charge in [0.25, 0.3) is 5.91 Å². The minimum atomic E-state index is -1.08. The third-order valence-corrected chi connectivity index (χ3v) is 6.66. The SMILES string of the molecule is CCN1c2ccc(C=C3SC(=S)N(CC(=O)O)C3=O)cc2C2COCCC21. The van der Waals surface area contributed by atoms with E-state index in [0.29, 0.717) is 16.9 Å². The van der Waals surface area contributed by atoms with E-state index in [0.717, 1.165) is 48.4 Å². The molecule has 0 saturated carbocycles. The molecule has 3 aliphatic heterocycles. The Morgan fingerprint density at radius 2 is 2.30 bits per heavy atom. The topological polar surface area (TPSA) is 70.1 Å². The normalized spacial score (nSPS) is 25.9. The number of carbonyl (C=O) groups excluding carboxylic acids is 1. The van der Waals surface area contributed by atoms with E-state index in [-0.39, 0.29) is 10.2 Å². The molecule has 27 heavy (non-hydrogen) atoms. The average Bonchev–Trinajstić information content (AvgIpc) is 3.10. The van der Waals surface area contributed by atoms with Crippen LogP contribution in [-0.4, -0.2) is 58.5 Å². The molecule has 4 rings (SSSR count). The molecule has 2 atom stereocenters. The summed E-state index contributed by atoms with van der Waals surface area (Å²) in [5.41, 5.74) is 3.43. The van der Waals surface area contributed by atoms with Crippen LogP contribution in [0.15, 0.2) is 23.1 Å². The number of thiocarbonyl (C=S) groups is 1. The van der Waals surface area contributed by atoms with Crippen molar-refractivity contribution in [2.75, 3.05) is 31.2 Å². The maximum absolute atomic E-state index is 12.5. The summed E-state index contributed by atoms with van der Waals surface area (Å²) in [6, 6.07) is 6.72. The van der Waals surface area contributed by atoms with Crippen LogP contribution in [0.5, 0.6) is 0 Å². The number of amides is 1. The highest BCUT2D eigenvalue weighted by molar-refractivity contribution is 8.26. The number of nitrogens with zero attached hydrogens (tertiary/aromatic N) is 2. The lowest BCUT2D eigenvalue weighted by atomic mass is 9.91. The third kappa shape index (κ3) is 3.26. The molecule has 1 amide bonds. The van der Waals surface area contributed by atoms with Crippen LogP contribution in [0, 0.1) is 0 Å². The highest BCUT2D eigenvalue weighted by atomic mass is 32.2. The molecule has 0 aromatic heterocycles. The minimum Gasteiger partial charge on any atom is -0.480 e. The number of carbonyl (C=O) groups is 2. The molecule has 0 radical (unpaired) electrons. The Morgan fingerprint density at radius 1 is 1.48 bits per heavy atom. The first kappa shape index (κ1) is 18.5. The highest BCUT2D eigenvalue weighted by Gasteiger charge is 2.40. The molecule has 2 unspecified atom stereocenters. The van der Waals surface area contributed by atoms with Gasteiger partial charge in [-0.3, -0.25) is 14.5 Å². The summed E-state index contributed by atoms with van der Waals surface area (Å²) in [6.07, 6.45) is 2.82. The van der Waals surface area contributed by atoms with Crippen LogP contribution in [-0.2, 0) is 14.3 Å². The van der Waals surface area contributed by atoms with Crippen molar-refractivity contribution in [2.45, 2.75) is 25.3 Å². The number of hydrogen-bond acceptors (Lipinski definition) is 6. The van der Waals surface area contributed by atoms with Crippen molar-refractivity contribution in [1.29, 1.82) is 0 Å². The van der Waals surface area contributed by atoms with E-state index in [4.69, 9.17) is 22.1 Å². The van der Waals surface area contributed by atoms with E-state index in [2.05, 4.69) is 24.0 Å². The molecule has 0 aliphatic carbocycles. The van der Waals surface area contributed by atoms with Gasteiger partial charge in [0, 0.05) is 30.8 Å². The van der Waals surface area contributed by atoms with Crippen LogP contribution in [0.4, 0.5) is 5.69 Å². The Labute approximate surface area is 167 Å². The molecule has 1 aromatic carbocycles. The number of fused-ring (bicyclic) bond motifs is 3. The summed E-state index contributed by atoms with van der Waals surface area (Å²) in [5.74, 6) is -1.07. The quantitative estimate of drug-likeness (QED) is 0.611. The summed E-state index contributed by atoms with van der Waals surface area (Å²) in [6.45, 7) is 4.24. The van der Waals surface area contributed by atoms with Gasteiger partial charge < -0.3 is 14.7 Å². The fourth-order valence-electron chi connectivity index (χ4n) is 4.12. The first-order valence-electron chi connectivity index (χ1n) is 8.95. The highest BCUT2D eigenvalue weighted by Crippen LogP contribution is 2.44. The number of benzene rings is 1. The Morgan fingerprint density at radius 3 is 3.04 bits per heavy atom. The Balaban J connectivity index is 1.64. The number of likely N-dealkylation sites (N-methyl/N-ethyl adjacent to an activating group) is 1. The first-order valence-corrected chi connectivity index (χ1v) is 10.2. The van der Waals surface area contributed by atoms with Crippen LogP contribution in [0.3, 0.4) is 0 Å². The molecular weight excluding hydrogens is 384 g/mol. The van der Waals surface area contributed by atoms with Crippen molar-refractivity contribution < 1.29 is 19.4 Å². The maximum Gasteiger partial charge on any atom is 0.323 e. The molecule has 2 saturated heterocycles. The summed E-state index contributed by atoms with van der Waals surface area (Å²) in [4.78, 5) is 27.4. The summed E-state index contributed by atoms with van der Waals surface area (Å²) >= 11 is 6.31. The van der Waals surface area contributed by atoms with E-state index in [1.54, 1.807) is 6.08 Å². The molecule has 6 nitrogen and oxygen atoms in total. The maximum atomic E-state index is 12.5. The van der Waals surface area contributed by atoms with E-state index in [1.165, 1.54) is 11.3 Å². The van der Waals surface area contributed by atoms with Crippen molar-refractivity contribution in [1.82, 2.24) is 4.90 Å². The van der Waals surface area contributed by atoms with Crippen molar-refractivity contribution >= 4 is 51.9 Å². The van der Waals surface area contributed by atoms with Crippen LogP contribution in [0.1, 0.15) is 30.4 Å². The number of carboxylic acids is 1. The molecule has 142 valence electrons. The molecule has 1 aromatic rings. The molecule has 3 heterocycles. The summed E-state index contributed by atoms with van der Waals surface area (Å²) < 4.78 is 5.99. The fourth-order valence-corrected chi connectivity index (χ4v) is 5.38. The Hall–Kier alpha value is -1.90. The third-order valence-electron chi connectivity index (χ3n) is 5.29. The van der Waals surface area contributed by atoms with E-state index in [1.807, 2.05) is 6.07 Å². The van der Waals surface area contributed by atoms with Gasteiger partial charge in [-0.2, -0.15) is 0 Å². The number of thioether (sulfide) groups is 1. The van der Waals surface area contributed by atoms with Gasteiger partial charge in [-0.25, -0.2) is 0 Å². The van der Waals surface area contributed by atoms with Gasteiger partial charge in [-0.05, 0) is 42.7 Å². The second kappa shape index (κ2) is 7.26.